The molecule has 2 unspecified atom stereocenters. The Morgan fingerprint density at radius 3 is 2.83 bits per heavy atom. The van der Waals surface area contributed by atoms with Gasteiger partial charge in [-0.3, -0.25) is 14.6 Å². The average Bonchev–Trinajstić information content (AvgIpc) is 2.83. The molecular formula is C16H23N3O4. The van der Waals surface area contributed by atoms with E-state index < -0.39 is 30.1 Å². The minimum Gasteiger partial charge on any atom is -0.388 e. The number of carbonyl (C=O) groups excluding carboxylic acids is 2. The smallest absolute Gasteiger partial charge is 0.256 e. The van der Waals surface area contributed by atoms with E-state index in [2.05, 4.69) is 10.3 Å². The van der Waals surface area contributed by atoms with E-state index in [4.69, 9.17) is 0 Å². The molecule has 1 aromatic rings. The Hall–Kier alpha value is -1.99. The molecule has 23 heavy (non-hydrogen) atoms. The van der Waals surface area contributed by atoms with E-state index >= 15 is 0 Å². The third-order valence-electron chi connectivity index (χ3n) is 3.99. The standard InChI is InChI=1S/C16H23N3O4/c1-3-5-10(2)18-15(22)13-14(21)12(20)9-19(13)16(23)11-6-4-7-17-8-11/h4,6-8,10,12-14,20-21H,3,5,9H2,1-2H3,(H,18,22)/t10?,12-,13?,14+/m0/s1. The van der Waals surface area contributed by atoms with Gasteiger partial charge in [-0.1, -0.05) is 13.3 Å². The Balaban J connectivity index is 2.17. The summed E-state index contributed by atoms with van der Waals surface area (Å²) >= 11 is 0. The highest BCUT2D eigenvalue weighted by molar-refractivity contribution is 5.98. The molecule has 0 saturated carbocycles. The topological polar surface area (TPSA) is 103 Å². The molecule has 0 radical (unpaired) electrons. The van der Waals surface area contributed by atoms with E-state index in [-0.39, 0.29) is 12.6 Å². The lowest BCUT2D eigenvalue weighted by molar-refractivity contribution is -0.128. The number of hydrogen-bond acceptors (Lipinski definition) is 5. The fourth-order valence-electron chi connectivity index (χ4n) is 2.81. The van der Waals surface area contributed by atoms with Gasteiger partial charge in [-0.25, -0.2) is 0 Å². The molecule has 0 aliphatic carbocycles. The van der Waals surface area contributed by atoms with Crippen LogP contribution in [0.25, 0.3) is 0 Å². The normalized spacial score (nSPS) is 25.2. The zero-order valence-electron chi connectivity index (χ0n) is 13.3. The molecule has 2 rings (SSSR count). The third kappa shape index (κ3) is 3.86. The van der Waals surface area contributed by atoms with Gasteiger partial charge in [0.2, 0.25) is 5.91 Å². The highest BCUT2D eigenvalue weighted by atomic mass is 16.3. The Bertz CT molecular complexity index is 552. The molecule has 126 valence electrons. The zero-order chi connectivity index (χ0) is 17.0. The van der Waals surface area contributed by atoms with Crippen LogP contribution in [0.5, 0.6) is 0 Å². The molecule has 1 aliphatic rings. The number of aliphatic hydroxyl groups excluding tert-OH is 2. The fourth-order valence-corrected chi connectivity index (χ4v) is 2.81. The van der Waals surface area contributed by atoms with Crippen LogP contribution < -0.4 is 5.32 Å². The molecule has 1 saturated heterocycles. The van der Waals surface area contributed by atoms with Gasteiger partial charge >= 0.3 is 0 Å². The number of rotatable bonds is 5. The van der Waals surface area contributed by atoms with Crippen LogP contribution in [0.2, 0.25) is 0 Å². The average molecular weight is 321 g/mol. The summed E-state index contributed by atoms with van der Waals surface area (Å²) in [4.78, 5) is 30.1. The lowest BCUT2D eigenvalue weighted by Crippen LogP contribution is -2.52. The first kappa shape index (κ1) is 17.4. The number of aromatic nitrogens is 1. The lowest BCUT2D eigenvalue weighted by Gasteiger charge is -2.26. The Morgan fingerprint density at radius 1 is 1.48 bits per heavy atom. The molecule has 1 aliphatic heterocycles. The fraction of sp³-hybridized carbons (Fsp3) is 0.562. The van der Waals surface area contributed by atoms with Crippen molar-refractivity contribution in [3.63, 3.8) is 0 Å². The summed E-state index contributed by atoms with van der Waals surface area (Å²) in [7, 11) is 0. The van der Waals surface area contributed by atoms with Crippen LogP contribution in [0.3, 0.4) is 0 Å². The number of amides is 2. The van der Waals surface area contributed by atoms with Gasteiger partial charge in [0.25, 0.3) is 5.91 Å². The van der Waals surface area contributed by atoms with Gasteiger partial charge in [0.05, 0.1) is 12.1 Å². The second-order valence-corrected chi connectivity index (χ2v) is 5.90. The number of pyridine rings is 1. The molecule has 0 aromatic carbocycles. The zero-order valence-corrected chi connectivity index (χ0v) is 13.3. The van der Waals surface area contributed by atoms with Crippen LogP contribution in [0.1, 0.15) is 37.0 Å². The summed E-state index contributed by atoms with van der Waals surface area (Å²) in [5.41, 5.74) is 0.313. The first-order valence-corrected chi connectivity index (χ1v) is 7.83. The molecule has 1 fully saturated rings. The first-order valence-electron chi connectivity index (χ1n) is 7.83. The second-order valence-electron chi connectivity index (χ2n) is 5.90. The molecule has 3 N–H and O–H groups in total. The van der Waals surface area contributed by atoms with Crippen LogP contribution >= 0.6 is 0 Å². The summed E-state index contributed by atoms with van der Waals surface area (Å²) in [6.07, 6.45) is 2.20. The minimum atomic E-state index is -1.30. The SMILES string of the molecule is CCCC(C)NC(=O)C1[C@H](O)[C@@H](O)CN1C(=O)c1cccnc1. The van der Waals surface area contributed by atoms with Gasteiger partial charge in [-0.05, 0) is 25.5 Å². The van der Waals surface area contributed by atoms with Gasteiger partial charge in [0, 0.05) is 18.4 Å². The van der Waals surface area contributed by atoms with Crippen molar-refractivity contribution in [1.82, 2.24) is 15.2 Å². The number of carbonyl (C=O) groups is 2. The van der Waals surface area contributed by atoms with Gasteiger partial charge in [0.15, 0.2) is 0 Å². The summed E-state index contributed by atoms with van der Waals surface area (Å²) < 4.78 is 0. The highest BCUT2D eigenvalue weighted by Crippen LogP contribution is 2.21. The van der Waals surface area contributed by atoms with Crippen LogP contribution in [-0.2, 0) is 4.79 Å². The van der Waals surface area contributed by atoms with Gasteiger partial charge in [-0.2, -0.15) is 0 Å². The Morgan fingerprint density at radius 2 is 2.22 bits per heavy atom. The van der Waals surface area contributed by atoms with Gasteiger partial charge in [-0.15, -0.1) is 0 Å². The number of hydrogen-bond donors (Lipinski definition) is 3. The third-order valence-corrected chi connectivity index (χ3v) is 3.99. The maximum atomic E-state index is 12.5. The number of β-amino-alcohol motifs (C(OH)–C–C–N with tert-alkyl or cyclic N) is 1. The van der Waals surface area contributed by atoms with Gasteiger partial charge in [0.1, 0.15) is 18.2 Å². The van der Waals surface area contributed by atoms with Gasteiger partial charge < -0.3 is 20.4 Å². The van der Waals surface area contributed by atoms with Crippen LogP contribution in [0.15, 0.2) is 24.5 Å². The van der Waals surface area contributed by atoms with Crippen molar-refractivity contribution < 1.29 is 19.8 Å². The van der Waals surface area contributed by atoms with Crippen molar-refractivity contribution in [3.8, 4) is 0 Å². The summed E-state index contributed by atoms with van der Waals surface area (Å²) in [5.74, 6) is -0.885. The number of likely N-dealkylation sites (tertiary alicyclic amines) is 1. The molecular weight excluding hydrogens is 298 g/mol. The van der Waals surface area contributed by atoms with E-state index in [1.54, 1.807) is 18.3 Å². The monoisotopic (exact) mass is 321 g/mol. The maximum absolute atomic E-state index is 12.5. The lowest BCUT2D eigenvalue weighted by atomic mass is 10.1. The molecule has 2 heterocycles. The molecule has 0 spiro atoms. The predicted molar refractivity (Wildman–Crippen MR) is 83.6 cm³/mol. The molecule has 2 amide bonds. The van der Waals surface area contributed by atoms with Crippen molar-refractivity contribution in [2.45, 2.75) is 51.0 Å². The number of nitrogens with zero attached hydrogens (tertiary/aromatic N) is 2. The number of aliphatic hydroxyl groups is 2. The van der Waals surface area contributed by atoms with E-state index in [0.717, 1.165) is 12.8 Å². The molecule has 7 nitrogen and oxygen atoms in total. The van der Waals surface area contributed by atoms with Crippen molar-refractivity contribution in [3.05, 3.63) is 30.1 Å². The second kappa shape index (κ2) is 7.52. The number of nitrogens with one attached hydrogen (secondary N) is 1. The summed E-state index contributed by atoms with van der Waals surface area (Å²) in [6.45, 7) is 3.79. The molecule has 7 heteroatoms. The molecule has 1 aromatic heterocycles. The highest BCUT2D eigenvalue weighted by Gasteiger charge is 2.46. The Kier molecular flexibility index (Phi) is 5.68. The largest absolute Gasteiger partial charge is 0.388 e. The van der Waals surface area contributed by atoms with E-state index in [0.29, 0.717) is 5.56 Å². The quantitative estimate of drug-likeness (QED) is 0.705. The van der Waals surface area contributed by atoms with Crippen LogP contribution in [0, 0.1) is 0 Å². The van der Waals surface area contributed by atoms with Crippen LogP contribution in [-0.4, -0.2) is 62.7 Å². The van der Waals surface area contributed by atoms with E-state index in [1.807, 2.05) is 13.8 Å². The molecule has 0 bridgehead atoms. The van der Waals surface area contributed by atoms with Crippen molar-refractivity contribution in [1.29, 1.82) is 0 Å². The van der Waals surface area contributed by atoms with E-state index in [9.17, 15) is 19.8 Å². The maximum Gasteiger partial charge on any atom is 0.256 e. The van der Waals surface area contributed by atoms with Crippen molar-refractivity contribution >= 4 is 11.8 Å². The minimum absolute atomic E-state index is 0.0622. The summed E-state index contributed by atoms with van der Waals surface area (Å²) in [5, 5.41) is 22.8. The van der Waals surface area contributed by atoms with Crippen LogP contribution in [0.4, 0.5) is 0 Å². The summed E-state index contributed by atoms with van der Waals surface area (Å²) in [6, 6.07) is 2.04. The van der Waals surface area contributed by atoms with E-state index in [1.165, 1.54) is 11.1 Å². The molecule has 4 atom stereocenters. The Labute approximate surface area is 135 Å². The van der Waals surface area contributed by atoms with Crippen molar-refractivity contribution in [2.75, 3.05) is 6.54 Å². The first-order chi connectivity index (χ1) is 11.0. The van der Waals surface area contributed by atoms with Crippen molar-refractivity contribution in [2.24, 2.45) is 0 Å². The predicted octanol–water partition coefficient (Wildman–Crippen LogP) is -0.0674.